The average Bonchev–Trinajstić information content (AvgIpc) is 3.08. The van der Waals surface area contributed by atoms with Crippen LogP contribution in [0.1, 0.15) is 22.1 Å². The van der Waals surface area contributed by atoms with Crippen LogP contribution >= 0.6 is 0 Å². The Bertz CT molecular complexity index is 723. The minimum absolute atomic E-state index is 0.117. The zero-order chi connectivity index (χ0) is 16.4. The molecule has 1 aromatic carbocycles. The number of carbonyl (C=O) groups is 2. The van der Waals surface area contributed by atoms with E-state index in [-0.39, 0.29) is 11.8 Å². The van der Waals surface area contributed by atoms with Gasteiger partial charge in [0, 0.05) is 18.8 Å². The summed E-state index contributed by atoms with van der Waals surface area (Å²) >= 11 is 0. The van der Waals surface area contributed by atoms with Crippen molar-refractivity contribution in [1.29, 1.82) is 0 Å². The second-order valence-corrected chi connectivity index (χ2v) is 5.31. The lowest BCUT2D eigenvalue weighted by atomic mass is 10.1. The standard InChI is InChI=1S/C16H18N4O3/c1-17-15(21)14-10-19(9-12-7-8-18-20(12)14)16(22)11-3-5-13(23-2)6-4-11/h3-8,14H,9-10H2,1-2H3,(H,17,21)/t14-/m1/s1. The summed E-state index contributed by atoms with van der Waals surface area (Å²) in [5.41, 5.74) is 1.40. The average molecular weight is 314 g/mol. The molecule has 2 aromatic rings. The highest BCUT2D eigenvalue weighted by molar-refractivity contribution is 5.95. The Kier molecular flexibility index (Phi) is 4.01. The Labute approximate surface area is 133 Å². The first-order valence-corrected chi connectivity index (χ1v) is 7.31. The van der Waals surface area contributed by atoms with Gasteiger partial charge in [-0.2, -0.15) is 5.10 Å². The van der Waals surface area contributed by atoms with Gasteiger partial charge in [-0.3, -0.25) is 14.3 Å². The van der Waals surface area contributed by atoms with Crippen molar-refractivity contribution in [3.8, 4) is 5.75 Å². The predicted octanol–water partition coefficient (Wildman–Crippen LogP) is 0.835. The molecular weight excluding hydrogens is 296 g/mol. The van der Waals surface area contributed by atoms with Gasteiger partial charge in [-0.15, -0.1) is 0 Å². The summed E-state index contributed by atoms with van der Waals surface area (Å²) < 4.78 is 6.78. The van der Waals surface area contributed by atoms with Crippen LogP contribution in [0.15, 0.2) is 36.5 Å². The number of likely N-dealkylation sites (N-methyl/N-ethyl adjacent to an activating group) is 1. The van der Waals surface area contributed by atoms with Gasteiger partial charge in [-0.25, -0.2) is 0 Å². The highest BCUT2D eigenvalue weighted by Crippen LogP contribution is 2.23. The molecule has 1 N–H and O–H groups in total. The Morgan fingerprint density at radius 3 is 2.65 bits per heavy atom. The van der Waals surface area contributed by atoms with Crippen LogP contribution in [0.2, 0.25) is 0 Å². The minimum Gasteiger partial charge on any atom is -0.497 e. The van der Waals surface area contributed by atoms with Crippen LogP contribution in [-0.2, 0) is 11.3 Å². The molecular formula is C16H18N4O3. The van der Waals surface area contributed by atoms with E-state index < -0.39 is 6.04 Å². The van der Waals surface area contributed by atoms with Gasteiger partial charge in [0.05, 0.1) is 25.9 Å². The zero-order valence-electron chi connectivity index (χ0n) is 13.0. The fourth-order valence-corrected chi connectivity index (χ4v) is 2.73. The molecule has 0 fully saturated rings. The normalized spacial score (nSPS) is 16.6. The molecule has 0 saturated carbocycles. The van der Waals surface area contributed by atoms with Gasteiger partial charge in [0.25, 0.3) is 5.91 Å². The second kappa shape index (κ2) is 6.12. The molecule has 0 unspecified atom stereocenters. The van der Waals surface area contributed by atoms with E-state index in [4.69, 9.17) is 4.74 Å². The molecule has 7 nitrogen and oxygen atoms in total. The fraction of sp³-hybridized carbons (Fsp3) is 0.312. The zero-order valence-corrected chi connectivity index (χ0v) is 13.0. The van der Waals surface area contributed by atoms with Crippen molar-refractivity contribution in [3.05, 3.63) is 47.8 Å². The van der Waals surface area contributed by atoms with Crippen LogP contribution in [0.4, 0.5) is 0 Å². The molecule has 0 bridgehead atoms. The number of carbonyl (C=O) groups excluding carboxylic acids is 2. The number of ether oxygens (including phenoxy) is 1. The molecule has 2 amide bonds. The first-order chi connectivity index (χ1) is 11.1. The number of nitrogens with zero attached hydrogens (tertiary/aromatic N) is 3. The maximum atomic E-state index is 12.7. The van der Waals surface area contributed by atoms with E-state index in [0.29, 0.717) is 24.4 Å². The van der Waals surface area contributed by atoms with Gasteiger partial charge in [-0.1, -0.05) is 0 Å². The second-order valence-electron chi connectivity index (χ2n) is 5.31. The van der Waals surface area contributed by atoms with Gasteiger partial charge in [0.15, 0.2) is 0 Å². The summed E-state index contributed by atoms with van der Waals surface area (Å²) in [4.78, 5) is 26.5. The largest absolute Gasteiger partial charge is 0.497 e. The molecule has 1 aliphatic rings. The Balaban J connectivity index is 1.85. The van der Waals surface area contributed by atoms with E-state index in [9.17, 15) is 9.59 Å². The molecule has 3 rings (SSSR count). The summed E-state index contributed by atoms with van der Waals surface area (Å²) in [5, 5.41) is 6.82. The minimum atomic E-state index is -0.513. The number of amides is 2. The van der Waals surface area contributed by atoms with Crippen LogP contribution < -0.4 is 10.1 Å². The van der Waals surface area contributed by atoms with E-state index >= 15 is 0 Å². The summed E-state index contributed by atoms with van der Waals surface area (Å²) in [6.45, 7) is 0.720. The third kappa shape index (κ3) is 2.77. The van der Waals surface area contributed by atoms with Crippen molar-refractivity contribution in [2.45, 2.75) is 12.6 Å². The number of fused-ring (bicyclic) bond motifs is 1. The Morgan fingerprint density at radius 1 is 1.26 bits per heavy atom. The van der Waals surface area contributed by atoms with Gasteiger partial charge in [0.2, 0.25) is 5.91 Å². The first kappa shape index (κ1) is 15.1. The maximum absolute atomic E-state index is 12.7. The van der Waals surface area contributed by atoms with Gasteiger partial charge in [0.1, 0.15) is 11.8 Å². The van der Waals surface area contributed by atoms with E-state index in [2.05, 4.69) is 10.4 Å². The summed E-state index contributed by atoms with van der Waals surface area (Å²) in [7, 11) is 3.16. The molecule has 0 aliphatic carbocycles. The summed E-state index contributed by atoms with van der Waals surface area (Å²) in [6, 6.07) is 8.25. The predicted molar refractivity (Wildman–Crippen MR) is 83.1 cm³/mol. The van der Waals surface area contributed by atoms with Crippen molar-refractivity contribution < 1.29 is 14.3 Å². The Hall–Kier alpha value is -2.83. The van der Waals surface area contributed by atoms with Gasteiger partial charge >= 0.3 is 0 Å². The highest BCUT2D eigenvalue weighted by Gasteiger charge is 2.32. The van der Waals surface area contributed by atoms with Crippen LogP contribution in [0, 0.1) is 0 Å². The molecule has 120 valence electrons. The monoisotopic (exact) mass is 314 g/mol. The lowest BCUT2D eigenvalue weighted by Crippen LogP contribution is -2.46. The van der Waals surface area contributed by atoms with Gasteiger partial charge < -0.3 is 15.0 Å². The van der Waals surface area contributed by atoms with E-state index in [1.807, 2.05) is 6.07 Å². The van der Waals surface area contributed by atoms with E-state index in [1.54, 1.807) is 54.2 Å². The van der Waals surface area contributed by atoms with Crippen molar-refractivity contribution >= 4 is 11.8 Å². The lowest BCUT2D eigenvalue weighted by Gasteiger charge is -2.33. The molecule has 1 atom stereocenters. The molecule has 0 saturated heterocycles. The fourth-order valence-electron chi connectivity index (χ4n) is 2.73. The molecule has 0 radical (unpaired) electrons. The summed E-state index contributed by atoms with van der Waals surface area (Å²) in [6.07, 6.45) is 1.65. The quantitative estimate of drug-likeness (QED) is 0.910. The molecule has 2 heterocycles. The smallest absolute Gasteiger partial charge is 0.254 e. The van der Waals surface area contributed by atoms with Crippen LogP contribution in [0.25, 0.3) is 0 Å². The lowest BCUT2D eigenvalue weighted by molar-refractivity contribution is -0.125. The molecule has 7 heteroatoms. The third-order valence-electron chi connectivity index (χ3n) is 3.97. The van der Waals surface area contributed by atoms with Crippen molar-refractivity contribution in [1.82, 2.24) is 20.0 Å². The maximum Gasteiger partial charge on any atom is 0.254 e. The Morgan fingerprint density at radius 2 is 2.00 bits per heavy atom. The van der Waals surface area contributed by atoms with Crippen LogP contribution in [0.3, 0.4) is 0 Å². The SMILES string of the molecule is CNC(=O)[C@H]1CN(C(=O)c2ccc(OC)cc2)Cc2ccnn21. The number of hydrogen-bond acceptors (Lipinski definition) is 4. The third-order valence-corrected chi connectivity index (χ3v) is 3.97. The summed E-state index contributed by atoms with van der Waals surface area (Å²) in [5.74, 6) is 0.415. The first-order valence-electron chi connectivity index (χ1n) is 7.31. The molecule has 23 heavy (non-hydrogen) atoms. The van der Waals surface area contributed by atoms with Gasteiger partial charge in [-0.05, 0) is 30.3 Å². The van der Waals surface area contributed by atoms with E-state index in [0.717, 1.165) is 5.69 Å². The topological polar surface area (TPSA) is 76.5 Å². The number of rotatable bonds is 3. The molecule has 0 spiro atoms. The number of aromatic nitrogens is 2. The molecule has 1 aliphatic heterocycles. The van der Waals surface area contributed by atoms with Crippen LogP contribution in [0.5, 0.6) is 5.75 Å². The molecule has 1 aromatic heterocycles. The number of hydrogen-bond donors (Lipinski definition) is 1. The van der Waals surface area contributed by atoms with Crippen LogP contribution in [-0.4, -0.2) is 47.2 Å². The highest BCUT2D eigenvalue weighted by atomic mass is 16.5. The number of methoxy groups -OCH3 is 1. The van der Waals surface area contributed by atoms with Crippen molar-refractivity contribution in [3.63, 3.8) is 0 Å². The number of benzene rings is 1. The number of nitrogens with one attached hydrogen (secondary N) is 1. The van der Waals surface area contributed by atoms with E-state index in [1.165, 1.54) is 0 Å². The van der Waals surface area contributed by atoms with Crippen molar-refractivity contribution in [2.75, 3.05) is 20.7 Å². The van der Waals surface area contributed by atoms with Crippen molar-refractivity contribution in [2.24, 2.45) is 0 Å².